The minimum atomic E-state index is -0.431. The first-order chi connectivity index (χ1) is 6.74. The van der Waals surface area contributed by atoms with Gasteiger partial charge in [-0.2, -0.15) is 0 Å². The van der Waals surface area contributed by atoms with Crippen molar-refractivity contribution in [1.29, 1.82) is 0 Å². The monoisotopic (exact) mass is 193 g/mol. The lowest BCUT2D eigenvalue weighted by molar-refractivity contribution is 0.206. The first-order valence-corrected chi connectivity index (χ1v) is 4.52. The van der Waals surface area contributed by atoms with Crippen LogP contribution < -0.4 is 11.5 Å². The van der Waals surface area contributed by atoms with Crippen LogP contribution in [0.5, 0.6) is 0 Å². The van der Waals surface area contributed by atoms with Crippen molar-refractivity contribution in [3.63, 3.8) is 0 Å². The molecule has 0 aliphatic carbocycles. The summed E-state index contributed by atoms with van der Waals surface area (Å²) in [6.45, 7) is 1.44. The Morgan fingerprint density at radius 2 is 1.93 bits per heavy atom. The van der Waals surface area contributed by atoms with Crippen molar-refractivity contribution in [3.05, 3.63) is 35.9 Å². The molecule has 0 unspecified atom stereocenters. The number of nitrogens with zero attached hydrogens (tertiary/aromatic N) is 1. The van der Waals surface area contributed by atoms with E-state index in [2.05, 4.69) is 0 Å². The maximum absolute atomic E-state index is 11.0. The SMILES string of the molecule is NCCN(Cc1ccccc1)C(N)=O. The lowest BCUT2D eigenvalue weighted by Gasteiger charge is -2.19. The zero-order valence-electron chi connectivity index (χ0n) is 8.02. The largest absolute Gasteiger partial charge is 0.351 e. The van der Waals surface area contributed by atoms with E-state index in [1.807, 2.05) is 30.3 Å². The maximum Gasteiger partial charge on any atom is 0.315 e. The number of urea groups is 1. The molecule has 0 aliphatic rings. The third kappa shape index (κ3) is 3.06. The minimum Gasteiger partial charge on any atom is -0.351 e. The van der Waals surface area contributed by atoms with Gasteiger partial charge in [-0.15, -0.1) is 0 Å². The van der Waals surface area contributed by atoms with E-state index < -0.39 is 6.03 Å². The molecule has 0 bridgehead atoms. The molecule has 0 fully saturated rings. The minimum absolute atomic E-state index is 0.426. The van der Waals surface area contributed by atoms with Gasteiger partial charge in [-0.25, -0.2) is 4.79 Å². The Morgan fingerprint density at radius 3 is 2.43 bits per heavy atom. The summed E-state index contributed by atoms with van der Waals surface area (Å²) in [6, 6.07) is 9.26. The lowest BCUT2D eigenvalue weighted by atomic mass is 10.2. The average molecular weight is 193 g/mol. The van der Waals surface area contributed by atoms with Crippen LogP contribution in [-0.4, -0.2) is 24.0 Å². The Kier molecular flexibility index (Phi) is 3.94. The molecular formula is C10H15N3O. The van der Waals surface area contributed by atoms with Crippen molar-refractivity contribution in [2.45, 2.75) is 6.54 Å². The van der Waals surface area contributed by atoms with Gasteiger partial charge in [-0.05, 0) is 5.56 Å². The average Bonchev–Trinajstić information content (AvgIpc) is 2.18. The fraction of sp³-hybridized carbons (Fsp3) is 0.300. The number of hydrogen-bond acceptors (Lipinski definition) is 2. The van der Waals surface area contributed by atoms with E-state index in [1.165, 1.54) is 4.90 Å². The Bertz CT molecular complexity index is 287. The number of benzene rings is 1. The van der Waals surface area contributed by atoms with Gasteiger partial charge in [0, 0.05) is 19.6 Å². The van der Waals surface area contributed by atoms with Gasteiger partial charge in [0.05, 0.1) is 0 Å². The number of carbonyl (C=O) groups excluding carboxylic acids is 1. The van der Waals surface area contributed by atoms with Crippen molar-refractivity contribution in [2.24, 2.45) is 11.5 Å². The highest BCUT2D eigenvalue weighted by Crippen LogP contribution is 2.03. The number of hydrogen-bond donors (Lipinski definition) is 2. The molecule has 0 atom stereocenters. The van der Waals surface area contributed by atoms with Crippen LogP contribution in [0, 0.1) is 0 Å². The van der Waals surface area contributed by atoms with Gasteiger partial charge in [0.2, 0.25) is 0 Å². The second kappa shape index (κ2) is 5.24. The predicted molar refractivity (Wildman–Crippen MR) is 55.5 cm³/mol. The molecular weight excluding hydrogens is 178 g/mol. The van der Waals surface area contributed by atoms with Crippen LogP contribution >= 0.6 is 0 Å². The second-order valence-electron chi connectivity index (χ2n) is 3.03. The molecule has 0 saturated heterocycles. The summed E-state index contributed by atoms with van der Waals surface area (Å²) in [5.41, 5.74) is 11.6. The lowest BCUT2D eigenvalue weighted by Crippen LogP contribution is -2.38. The van der Waals surface area contributed by atoms with E-state index in [9.17, 15) is 4.79 Å². The summed E-state index contributed by atoms with van der Waals surface area (Å²) in [7, 11) is 0. The Labute approximate surface area is 83.5 Å². The van der Waals surface area contributed by atoms with Gasteiger partial charge >= 0.3 is 6.03 Å². The Balaban J connectivity index is 2.60. The summed E-state index contributed by atoms with van der Waals surface area (Å²) >= 11 is 0. The highest BCUT2D eigenvalue weighted by Gasteiger charge is 2.08. The third-order valence-corrected chi connectivity index (χ3v) is 1.93. The molecule has 2 amide bonds. The van der Waals surface area contributed by atoms with Gasteiger partial charge in [0.1, 0.15) is 0 Å². The molecule has 0 radical (unpaired) electrons. The number of rotatable bonds is 4. The molecule has 4 heteroatoms. The fourth-order valence-corrected chi connectivity index (χ4v) is 1.23. The summed E-state index contributed by atoms with van der Waals surface area (Å²) < 4.78 is 0. The molecule has 1 aromatic carbocycles. The van der Waals surface area contributed by atoms with Crippen molar-refractivity contribution < 1.29 is 4.79 Å². The predicted octanol–water partition coefficient (Wildman–Crippen LogP) is 0.526. The number of primary amides is 1. The molecule has 4 N–H and O–H groups in total. The normalized spacial score (nSPS) is 9.79. The van der Waals surface area contributed by atoms with Crippen LogP contribution in [0.15, 0.2) is 30.3 Å². The number of amides is 2. The van der Waals surface area contributed by atoms with Crippen LogP contribution in [0.4, 0.5) is 4.79 Å². The fourth-order valence-electron chi connectivity index (χ4n) is 1.23. The molecule has 0 aromatic heterocycles. The molecule has 1 aromatic rings. The van der Waals surface area contributed by atoms with E-state index >= 15 is 0 Å². The van der Waals surface area contributed by atoms with Gasteiger partial charge in [0.25, 0.3) is 0 Å². The third-order valence-electron chi connectivity index (χ3n) is 1.93. The molecule has 1 rings (SSSR count). The van der Waals surface area contributed by atoms with Crippen LogP contribution in [0.25, 0.3) is 0 Å². The van der Waals surface area contributed by atoms with Crippen molar-refractivity contribution in [2.75, 3.05) is 13.1 Å². The molecule has 4 nitrogen and oxygen atoms in total. The highest BCUT2D eigenvalue weighted by molar-refractivity contribution is 5.72. The van der Waals surface area contributed by atoms with Gasteiger partial charge in [0.15, 0.2) is 0 Å². The van der Waals surface area contributed by atoms with E-state index in [1.54, 1.807) is 0 Å². The number of carbonyl (C=O) groups is 1. The molecule has 0 spiro atoms. The van der Waals surface area contributed by atoms with Gasteiger partial charge < -0.3 is 16.4 Å². The Hall–Kier alpha value is -1.55. The first kappa shape index (κ1) is 10.5. The summed E-state index contributed by atoms with van der Waals surface area (Å²) in [5, 5.41) is 0. The molecule has 0 aliphatic heterocycles. The standard InChI is InChI=1S/C10H15N3O/c11-6-7-13(10(12)14)8-9-4-2-1-3-5-9/h1-5H,6-8,11H2,(H2,12,14). The van der Waals surface area contributed by atoms with E-state index in [0.29, 0.717) is 19.6 Å². The van der Waals surface area contributed by atoms with Gasteiger partial charge in [-0.1, -0.05) is 30.3 Å². The zero-order chi connectivity index (χ0) is 10.4. The van der Waals surface area contributed by atoms with E-state index in [4.69, 9.17) is 11.5 Å². The van der Waals surface area contributed by atoms with Crippen LogP contribution in [0.3, 0.4) is 0 Å². The van der Waals surface area contributed by atoms with E-state index in [0.717, 1.165) is 5.56 Å². The van der Waals surface area contributed by atoms with E-state index in [-0.39, 0.29) is 0 Å². The quantitative estimate of drug-likeness (QED) is 0.732. The molecule has 0 heterocycles. The topological polar surface area (TPSA) is 72.3 Å². The summed E-state index contributed by atoms with van der Waals surface area (Å²) in [6.07, 6.45) is 0. The van der Waals surface area contributed by atoms with Crippen molar-refractivity contribution in [3.8, 4) is 0 Å². The van der Waals surface area contributed by atoms with Crippen molar-refractivity contribution in [1.82, 2.24) is 4.90 Å². The molecule has 76 valence electrons. The zero-order valence-corrected chi connectivity index (χ0v) is 8.02. The van der Waals surface area contributed by atoms with Crippen LogP contribution in [0.2, 0.25) is 0 Å². The molecule has 14 heavy (non-hydrogen) atoms. The van der Waals surface area contributed by atoms with Crippen LogP contribution in [0.1, 0.15) is 5.56 Å². The van der Waals surface area contributed by atoms with Gasteiger partial charge in [-0.3, -0.25) is 0 Å². The summed E-state index contributed by atoms with van der Waals surface area (Å²) in [5.74, 6) is 0. The van der Waals surface area contributed by atoms with Crippen LogP contribution in [-0.2, 0) is 6.54 Å². The molecule has 0 saturated carbocycles. The smallest absolute Gasteiger partial charge is 0.315 e. The first-order valence-electron chi connectivity index (χ1n) is 4.52. The number of nitrogens with two attached hydrogens (primary N) is 2. The van der Waals surface area contributed by atoms with Crippen molar-refractivity contribution >= 4 is 6.03 Å². The maximum atomic E-state index is 11.0. The second-order valence-corrected chi connectivity index (χ2v) is 3.03. The summed E-state index contributed by atoms with van der Waals surface area (Å²) in [4.78, 5) is 12.5. The Morgan fingerprint density at radius 1 is 1.29 bits per heavy atom. The highest BCUT2D eigenvalue weighted by atomic mass is 16.2.